The molecule has 0 aliphatic heterocycles. The number of aromatic nitrogens is 2. The number of hydrogen-bond donors (Lipinski definition) is 4. The van der Waals surface area contributed by atoms with E-state index in [9.17, 15) is 9.59 Å². The lowest BCUT2D eigenvalue weighted by molar-refractivity contribution is 0.473. The summed E-state index contributed by atoms with van der Waals surface area (Å²) in [5.41, 5.74) is -0.574. The first-order valence-corrected chi connectivity index (χ1v) is 4.33. The summed E-state index contributed by atoms with van der Waals surface area (Å²) in [6, 6.07) is 5.03. The molecule has 6 nitrogen and oxygen atoms in total. The van der Waals surface area contributed by atoms with Crippen molar-refractivity contribution in [3.8, 4) is 11.5 Å². The van der Waals surface area contributed by atoms with E-state index in [-0.39, 0.29) is 35.0 Å². The van der Waals surface area contributed by atoms with Crippen LogP contribution >= 0.6 is 12.4 Å². The van der Waals surface area contributed by atoms with Gasteiger partial charge in [-0.2, -0.15) is 0 Å². The van der Waals surface area contributed by atoms with Gasteiger partial charge in [-0.25, -0.2) is 0 Å². The molecule has 2 aromatic heterocycles. The summed E-state index contributed by atoms with van der Waals surface area (Å²) < 4.78 is 0. The third-order valence-electron chi connectivity index (χ3n) is 1.52. The molecule has 0 saturated carbocycles. The van der Waals surface area contributed by atoms with E-state index in [1.165, 1.54) is 24.5 Å². The highest BCUT2D eigenvalue weighted by Crippen LogP contribution is 1.97. The van der Waals surface area contributed by atoms with Crippen molar-refractivity contribution in [3.05, 3.63) is 57.4 Å². The lowest BCUT2D eigenvalue weighted by Gasteiger charge is -1.83. The Morgan fingerprint density at radius 1 is 0.824 bits per heavy atom. The van der Waals surface area contributed by atoms with E-state index in [1.807, 2.05) is 0 Å². The molecule has 7 heteroatoms. The number of H-pyrrole nitrogens is 2. The molecule has 0 amide bonds. The van der Waals surface area contributed by atoms with Crippen molar-refractivity contribution in [2.75, 3.05) is 0 Å². The molecule has 2 heterocycles. The number of aromatic hydroxyl groups is 2. The first-order valence-electron chi connectivity index (χ1n) is 4.33. The number of rotatable bonds is 0. The minimum atomic E-state index is -0.287. The first-order chi connectivity index (χ1) is 7.58. The van der Waals surface area contributed by atoms with Crippen LogP contribution in [0.2, 0.25) is 0 Å². The van der Waals surface area contributed by atoms with Crippen LogP contribution in [0.1, 0.15) is 0 Å². The van der Waals surface area contributed by atoms with Gasteiger partial charge < -0.3 is 20.2 Å². The van der Waals surface area contributed by atoms with Crippen LogP contribution in [0, 0.1) is 0 Å². The Balaban J connectivity index is 0.000000284. The summed E-state index contributed by atoms with van der Waals surface area (Å²) in [6.45, 7) is 0. The summed E-state index contributed by atoms with van der Waals surface area (Å²) in [4.78, 5) is 25.3. The predicted octanol–water partition coefficient (Wildman–Crippen LogP) is 0.583. The van der Waals surface area contributed by atoms with Gasteiger partial charge in [-0.3, -0.25) is 9.59 Å². The third-order valence-corrected chi connectivity index (χ3v) is 1.52. The maximum Gasteiger partial charge on any atom is 0.251 e. The van der Waals surface area contributed by atoms with Gasteiger partial charge in [0.25, 0.3) is 11.1 Å². The van der Waals surface area contributed by atoms with Gasteiger partial charge in [0.15, 0.2) is 0 Å². The van der Waals surface area contributed by atoms with Crippen LogP contribution in [0.5, 0.6) is 11.5 Å². The summed E-state index contributed by atoms with van der Waals surface area (Å²) >= 11 is 0. The molecule has 0 spiro atoms. The Morgan fingerprint density at radius 3 is 1.35 bits per heavy atom. The Bertz CT molecular complexity index is 513. The molecule has 0 unspecified atom stereocenters. The third kappa shape index (κ3) is 6.06. The lowest BCUT2D eigenvalue weighted by Crippen LogP contribution is -1.99. The van der Waals surface area contributed by atoms with Crippen molar-refractivity contribution in [3.63, 3.8) is 0 Å². The Kier molecular flexibility index (Phi) is 6.20. The molecular weight excluding hydrogens is 248 g/mol. The highest BCUT2D eigenvalue weighted by atomic mass is 35.5. The van der Waals surface area contributed by atoms with Gasteiger partial charge in [0, 0.05) is 24.5 Å². The zero-order valence-corrected chi connectivity index (χ0v) is 9.40. The summed E-state index contributed by atoms with van der Waals surface area (Å²) in [5, 5.41) is 17.2. The average Bonchev–Trinajstić information content (AvgIpc) is 2.17. The maximum atomic E-state index is 10.3. The first kappa shape index (κ1) is 14.8. The minimum Gasteiger partial charge on any atom is -0.508 e. The van der Waals surface area contributed by atoms with E-state index in [1.54, 1.807) is 0 Å². The number of hydrogen-bond acceptors (Lipinski definition) is 4. The molecule has 0 bridgehead atoms. The Morgan fingerprint density at radius 2 is 1.18 bits per heavy atom. The van der Waals surface area contributed by atoms with Crippen LogP contribution in [0.3, 0.4) is 0 Å². The largest absolute Gasteiger partial charge is 0.508 e. The van der Waals surface area contributed by atoms with Gasteiger partial charge in [0.05, 0.1) is 0 Å². The SMILES string of the molecule is Cl.O=c1cc(O)cc[nH]1.O=c1cc(O)cc[nH]1. The van der Waals surface area contributed by atoms with Gasteiger partial charge in [0.2, 0.25) is 0 Å². The minimum absolute atomic E-state index is 0. The lowest BCUT2D eigenvalue weighted by atomic mass is 10.5. The highest BCUT2D eigenvalue weighted by molar-refractivity contribution is 5.85. The standard InChI is InChI=1S/2C5H5NO2.ClH/c2*7-4-1-2-6-5(8)3-4;/h2*1-3H,(H2,6,7,8);1H. The number of halogens is 1. The molecule has 0 saturated heterocycles. The second-order valence-corrected chi connectivity index (χ2v) is 2.82. The Labute approximate surface area is 102 Å². The van der Waals surface area contributed by atoms with Crippen molar-refractivity contribution in [1.82, 2.24) is 9.97 Å². The van der Waals surface area contributed by atoms with Crippen LogP contribution in [0.25, 0.3) is 0 Å². The number of pyridine rings is 2. The van der Waals surface area contributed by atoms with Gasteiger partial charge in [-0.1, -0.05) is 0 Å². The molecule has 0 aliphatic carbocycles. The van der Waals surface area contributed by atoms with Gasteiger partial charge in [0.1, 0.15) is 11.5 Å². The zero-order valence-electron chi connectivity index (χ0n) is 8.58. The summed E-state index contributed by atoms with van der Waals surface area (Å²) in [6.07, 6.45) is 2.77. The van der Waals surface area contributed by atoms with Crippen molar-refractivity contribution < 1.29 is 10.2 Å². The quantitative estimate of drug-likeness (QED) is 0.555. The summed E-state index contributed by atoms with van der Waals surface area (Å²) in [7, 11) is 0. The smallest absolute Gasteiger partial charge is 0.251 e. The monoisotopic (exact) mass is 258 g/mol. The molecule has 0 atom stereocenters. The molecule has 2 rings (SSSR count). The second kappa shape index (κ2) is 7.13. The molecule has 4 N–H and O–H groups in total. The molecule has 0 aromatic carbocycles. The molecule has 92 valence electrons. The highest BCUT2D eigenvalue weighted by Gasteiger charge is 1.83. The van der Waals surface area contributed by atoms with Crippen LogP contribution in [-0.2, 0) is 0 Å². The van der Waals surface area contributed by atoms with E-state index in [2.05, 4.69) is 9.97 Å². The molecule has 0 fully saturated rings. The van der Waals surface area contributed by atoms with Crippen molar-refractivity contribution in [2.45, 2.75) is 0 Å². The van der Waals surface area contributed by atoms with Crippen LogP contribution < -0.4 is 11.1 Å². The molecular formula is C10H11ClN2O4. The van der Waals surface area contributed by atoms with E-state index in [0.717, 1.165) is 12.1 Å². The van der Waals surface area contributed by atoms with E-state index >= 15 is 0 Å². The molecule has 17 heavy (non-hydrogen) atoms. The van der Waals surface area contributed by atoms with Crippen molar-refractivity contribution in [1.29, 1.82) is 0 Å². The fourth-order valence-corrected chi connectivity index (χ4v) is 0.867. The van der Waals surface area contributed by atoms with Crippen molar-refractivity contribution in [2.24, 2.45) is 0 Å². The predicted molar refractivity (Wildman–Crippen MR) is 64.7 cm³/mol. The average molecular weight is 259 g/mol. The molecule has 0 radical (unpaired) electrons. The normalized spacial score (nSPS) is 8.47. The van der Waals surface area contributed by atoms with Crippen LogP contribution in [0.4, 0.5) is 0 Å². The van der Waals surface area contributed by atoms with E-state index in [4.69, 9.17) is 10.2 Å². The topological polar surface area (TPSA) is 106 Å². The molecule has 2 aromatic rings. The van der Waals surface area contributed by atoms with Gasteiger partial charge >= 0.3 is 0 Å². The Hall–Kier alpha value is -2.21. The van der Waals surface area contributed by atoms with E-state index in [0.29, 0.717) is 0 Å². The molecule has 0 aliphatic rings. The van der Waals surface area contributed by atoms with Gasteiger partial charge in [-0.15, -0.1) is 12.4 Å². The van der Waals surface area contributed by atoms with Crippen LogP contribution in [0.15, 0.2) is 46.2 Å². The zero-order chi connectivity index (χ0) is 12.0. The maximum absolute atomic E-state index is 10.3. The van der Waals surface area contributed by atoms with Crippen LogP contribution in [-0.4, -0.2) is 20.2 Å². The fraction of sp³-hybridized carbons (Fsp3) is 0. The fourth-order valence-electron chi connectivity index (χ4n) is 0.867. The number of aromatic amines is 2. The van der Waals surface area contributed by atoms with Crippen molar-refractivity contribution >= 4 is 12.4 Å². The number of nitrogens with one attached hydrogen (secondary N) is 2. The van der Waals surface area contributed by atoms with E-state index < -0.39 is 0 Å². The van der Waals surface area contributed by atoms with Gasteiger partial charge in [-0.05, 0) is 12.1 Å². The summed E-state index contributed by atoms with van der Waals surface area (Å²) in [5.74, 6) is -0.0116. The second-order valence-electron chi connectivity index (χ2n) is 2.82.